The van der Waals surface area contributed by atoms with Crippen molar-refractivity contribution in [1.29, 1.82) is 0 Å². The molecule has 21 heavy (non-hydrogen) atoms. The highest BCUT2D eigenvalue weighted by Crippen LogP contribution is 2.37. The van der Waals surface area contributed by atoms with Gasteiger partial charge in [0, 0.05) is 16.8 Å². The van der Waals surface area contributed by atoms with Crippen LogP contribution in [0, 0.1) is 6.92 Å². The molecule has 1 aromatic heterocycles. The Morgan fingerprint density at radius 2 is 2.05 bits per heavy atom. The van der Waals surface area contributed by atoms with E-state index in [-0.39, 0.29) is 5.92 Å². The first-order valence-corrected chi connectivity index (χ1v) is 7.18. The predicted octanol–water partition coefficient (Wildman–Crippen LogP) is 2.72. The van der Waals surface area contributed by atoms with Crippen LogP contribution < -0.4 is 16.0 Å². The third-order valence-corrected chi connectivity index (χ3v) is 3.88. The smallest absolute Gasteiger partial charge is 0.147 e. The maximum absolute atomic E-state index is 5.72. The first kappa shape index (κ1) is 13.8. The second kappa shape index (κ2) is 5.33. The van der Waals surface area contributed by atoms with E-state index in [1.54, 1.807) is 0 Å². The van der Waals surface area contributed by atoms with E-state index in [1.807, 2.05) is 25.1 Å². The normalized spacial score (nSPS) is 16.7. The summed E-state index contributed by atoms with van der Waals surface area (Å²) in [5.74, 6) is 8.41. The Balaban J connectivity index is 2.07. The Hall–Kier alpha value is -2.14. The molecule has 2 heterocycles. The standard InChI is InChI=1S/C16H20N4O/c1-9(2)14-10(3)18-15(19-16(14)20-17)12-8-21-13-7-5-4-6-11(12)13/h4-7,9,12H,8,17H2,1-3H3,(H,18,19,20). The molecule has 1 atom stereocenters. The van der Waals surface area contributed by atoms with Crippen molar-refractivity contribution in [2.24, 2.45) is 5.84 Å². The average molecular weight is 284 g/mol. The quantitative estimate of drug-likeness (QED) is 0.669. The SMILES string of the molecule is Cc1nc(C2COc3ccccc32)nc(NN)c1C(C)C. The number of aromatic nitrogens is 2. The fraction of sp³-hybridized carbons (Fsp3) is 0.375. The molecule has 110 valence electrons. The number of anilines is 1. The monoisotopic (exact) mass is 284 g/mol. The van der Waals surface area contributed by atoms with Crippen molar-refractivity contribution in [1.82, 2.24) is 9.97 Å². The van der Waals surface area contributed by atoms with Crippen molar-refractivity contribution in [3.8, 4) is 5.75 Å². The van der Waals surface area contributed by atoms with Gasteiger partial charge in [0.25, 0.3) is 0 Å². The number of benzene rings is 1. The average Bonchev–Trinajstić information content (AvgIpc) is 2.89. The maximum Gasteiger partial charge on any atom is 0.147 e. The highest BCUT2D eigenvalue weighted by atomic mass is 16.5. The Morgan fingerprint density at radius 1 is 1.29 bits per heavy atom. The summed E-state index contributed by atoms with van der Waals surface area (Å²) in [6.07, 6.45) is 0. The number of nitrogens with one attached hydrogen (secondary N) is 1. The number of ether oxygens (including phenoxy) is 1. The second-order valence-electron chi connectivity index (χ2n) is 5.63. The van der Waals surface area contributed by atoms with Gasteiger partial charge in [-0.2, -0.15) is 0 Å². The summed E-state index contributed by atoms with van der Waals surface area (Å²) >= 11 is 0. The molecule has 5 nitrogen and oxygen atoms in total. The molecule has 2 aromatic rings. The van der Waals surface area contributed by atoms with Gasteiger partial charge in [0.2, 0.25) is 0 Å². The fourth-order valence-electron chi connectivity index (χ4n) is 2.94. The van der Waals surface area contributed by atoms with E-state index in [0.29, 0.717) is 18.3 Å². The van der Waals surface area contributed by atoms with Crippen LogP contribution in [0.15, 0.2) is 24.3 Å². The summed E-state index contributed by atoms with van der Waals surface area (Å²) in [6, 6.07) is 8.03. The number of hydrogen-bond acceptors (Lipinski definition) is 5. The van der Waals surface area contributed by atoms with Crippen molar-refractivity contribution < 1.29 is 4.74 Å². The van der Waals surface area contributed by atoms with E-state index < -0.39 is 0 Å². The summed E-state index contributed by atoms with van der Waals surface area (Å²) in [6.45, 7) is 6.80. The minimum absolute atomic E-state index is 0.0632. The van der Waals surface area contributed by atoms with Crippen molar-refractivity contribution in [3.63, 3.8) is 0 Å². The van der Waals surface area contributed by atoms with Gasteiger partial charge in [-0.1, -0.05) is 32.0 Å². The van der Waals surface area contributed by atoms with Crippen LogP contribution in [0.5, 0.6) is 5.75 Å². The molecule has 0 bridgehead atoms. The third kappa shape index (κ3) is 2.34. The fourth-order valence-corrected chi connectivity index (χ4v) is 2.94. The second-order valence-corrected chi connectivity index (χ2v) is 5.63. The lowest BCUT2D eigenvalue weighted by Crippen LogP contribution is -2.18. The summed E-state index contributed by atoms with van der Waals surface area (Å²) in [4.78, 5) is 9.32. The molecule has 0 aliphatic carbocycles. The van der Waals surface area contributed by atoms with E-state index in [0.717, 1.165) is 28.4 Å². The molecule has 1 aromatic carbocycles. The van der Waals surface area contributed by atoms with E-state index in [1.165, 1.54) is 0 Å². The van der Waals surface area contributed by atoms with Crippen molar-refractivity contribution >= 4 is 5.82 Å². The van der Waals surface area contributed by atoms with Crippen molar-refractivity contribution in [2.45, 2.75) is 32.6 Å². The lowest BCUT2D eigenvalue weighted by Gasteiger charge is -2.17. The van der Waals surface area contributed by atoms with Gasteiger partial charge in [-0.05, 0) is 18.9 Å². The highest BCUT2D eigenvalue weighted by molar-refractivity contribution is 5.50. The van der Waals surface area contributed by atoms with Crippen molar-refractivity contribution in [2.75, 3.05) is 12.0 Å². The van der Waals surface area contributed by atoms with E-state index in [2.05, 4.69) is 30.3 Å². The Bertz CT molecular complexity index is 669. The van der Waals surface area contributed by atoms with Gasteiger partial charge in [-0.15, -0.1) is 0 Å². The van der Waals surface area contributed by atoms with Crippen LogP contribution in [-0.4, -0.2) is 16.6 Å². The maximum atomic E-state index is 5.72. The van der Waals surface area contributed by atoms with Crippen LogP contribution in [0.25, 0.3) is 0 Å². The molecular weight excluding hydrogens is 264 g/mol. The Morgan fingerprint density at radius 3 is 2.76 bits per heavy atom. The molecule has 0 fully saturated rings. The molecule has 0 spiro atoms. The van der Waals surface area contributed by atoms with Gasteiger partial charge < -0.3 is 10.2 Å². The minimum Gasteiger partial charge on any atom is -0.492 e. The molecule has 1 aliphatic rings. The van der Waals surface area contributed by atoms with Gasteiger partial charge in [0.1, 0.15) is 24.0 Å². The first-order chi connectivity index (χ1) is 10.1. The van der Waals surface area contributed by atoms with E-state index in [4.69, 9.17) is 15.6 Å². The zero-order valence-corrected chi connectivity index (χ0v) is 12.6. The lowest BCUT2D eigenvalue weighted by atomic mass is 9.98. The molecule has 0 saturated carbocycles. The topological polar surface area (TPSA) is 73.1 Å². The van der Waals surface area contributed by atoms with Gasteiger partial charge in [0.15, 0.2) is 0 Å². The molecule has 5 heteroatoms. The molecular formula is C16H20N4O. The number of nitrogens with zero attached hydrogens (tertiary/aromatic N) is 2. The zero-order chi connectivity index (χ0) is 15.0. The molecule has 1 unspecified atom stereocenters. The van der Waals surface area contributed by atoms with E-state index in [9.17, 15) is 0 Å². The molecule has 0 radical (unpaired) electrons. The number of nitrogen functional groups attached to an aromatic ring is 1. The van der Waals surface area contributed by atoms with Gasteiger partial charge >= 0.3 is 0 Å². The number of fused-ring (bicyclic) bond motifs is 1. The summed E-state index contributed by atoms with van der Waals surface area (Å²) in [7, 11) is 0. The number of hydrogen-bond donors (Lipinski definition) is 2. The molecule has 3 rings (SSSR count). The van der Waals surface area contributed by atoms with Crippen molar-refractivity contribution in [3.05, 3.63) is 46.9 Å². The number of aryl methyl sites for hydroxylation is 1. The van der Waals surface area contributed by atoms with E-state index >= 15 is 0 Å². The number of nitrogens with two attached hydrogens (primary N) is 1. The third-order valence-electron chi connectivity index (χ3n) is 3.88. The van der Waals surface area contributed by atoms with Gasteiger partial charge in [0.05, 0.1) is 5.92 Å². The van der Waals surface area contributed by atoms with Crippen LogP contribution in [0.2, 0.25) is 0 Å². The lowest BCUT2D eigenvalue weighted by molar-refractivity contribution is 0.339. The largest absolute Gasteiger partial charge is 0.492 e. The summed E-state index contributed by atoms with van der Waals surface area (Å²) in [5.41, 5.74) is 5.88. The van der Waals surface area contributed by atoms with Gasteiger partial charge in [-0.3, -0.25) is 0 Å². The Labute approximate surface area is 124 Å². The summed E-state index contributed by atoms with van der Waals surface area (Å²) in [5, 5.41) is 0. The molecule has 3 N–H and O–H groups in total. The predicted molar refractivity (Wildman–Crippen MR) is 82.4 cm³/mol. The van der Waals surface area contributed by atoms with Crippen LogP contribution in [-0.2, 0) is 0 Å². The van der Waals surface area contributed by atoms with Crippen LogP contribution in [0.1, 0.15) is 48.3 Å². The van der Waals surface area contributed by atoms with Gasteiger partial charge in [-0.25, -0.2) is 15.8 Å². The molecule has 1 aliphatic heterocycles. The summed E-state index contributed by atoms with van der Waals surface area (Å²) < 4.78 is 5.72. The molecule has 0 saturated heterocycles. The first-order valence-electron chi connectivity index (χ1n) is 7.18. The van der Waals surface area contributed by atoms with Crippen LogP contribution in [0.4, 0.5) is 5.82 Å². The highest BCUT2D eigenvalue weighted by Gasteiger charge is 2.29. The molecule has 0 amide bonds. The van der Waals surface area contributed by atoms with Crippen LogP contribution in [0.3, 0.4) is 0 Å². The minimum atomic E-state index is 0.0632. The number of hydrazine groups is 1. The van der Waals surface area contributed by atoms with Crippen LogP contribution >= 0.6 is 0 Å². The zero-order valence-electron chi connectivity index (χ0n) is 12.6. The number of rotatable bonds is 3. The Kier molecular flexibility index (Phi) is 3.51. The number of para-hydroxylation sites is 1.